The summed E-state index contributed by atoms with van der Waals surface area (Å²) in [5.41, 5.74) is 7.15. The highest BCUT2D eigenvalue weighted by molar-refractivity contribution is 5.71. The van der Waals surface area contributed by atoms with Crippen LogP contribution in [0.5, 0.6) is 5.75 Å². The number of rotatable bonds is 8. The molecule has 0 bridgehead atoms. The Morgan fingerprint density at radius 2 is 1.75 bits per heavy atom. The highest BCUT2D eigenvalue weighted by Crippen LogP contribution is 2.34. The Bertz CT molecular complexity index is 1100. The molecule has 3 rings (SSSR count). The van der Waals surface area contributed by atoms with Crippen LogP contribution in [-0.2, 0) is 24.0 Å². The average Bonchev–Trinajstić information content (AvgIpc) is 2.77. The number of carboxylic acid groups (broad SMARTS) is 1. The zero-order valence-electron chi connectivity index (χ0n) is 17.0. The molecular formula is C24H22F3NO4. The standard InChI is InChI=1S/C24H22F3NO4/c25-24(26,27)20-9-15(14-32-22-7-2-1-4-18(22)12-23(30)31)8-19(11-20)16-5-3-6-17(10-16)21(28)13-29/h1-11,21,29H,12-14,28H2,(H,30,31). The molecule has 8 heteroatoms. The molecule has 0 radical (unpaired) electrons. The number of aliphatic hydroxyl groups excluding tert-OH is 1. The number of benzene rings is 3. The molecule has 3 aromatic rings. The molecule has 5 nitrogen and oxygen atoms in total. The first-order chi connectivity index (χ1) is 15.2. The topological polar surface area (TPSA) is 92.8 Å². The van der Waals surface area contributed by atoms with E-state index in [9.17, 15) is 23.1 Å². The fourth-order valence-corrected chi connectivity index (χ4v) is 3.27. The second kappa shape index (κ2) is 9.84. The van der Waals surface area contributed by atoms with Gasteiger partial charge >= 0.3 is 12.1 Å². The Kier molecular flexibility index (Phi) is 7.17. The number of hydrogen-bond donors (Lipinski definition) is 3. The lowest BCUT2D eigenvalue weighted by Crippen LogP contribution is -2.14. The number of carboxylic acids is 1. The van der Waals surface area contributed by atoms with E-state index in [0.717, 1.165) is 12.1 Å². The highest BCUT2D eigenvalue weighted by Gasteiger charge is 2.31. The summed E-state index contributed by atoms with van der Waals surface area (Å²) < 4.78 is 46.3. The Morgan fingerprint density at radius 3 is 2.44 bits per heavy atom. The van der Waals surface area contributed by atoms with Crippen LogP contribution in [0.25, 0.3) is 11.1 Å². The third-order valence-electron chi connectivity index (χ3n) is 4.87. The normalized spacial score (nSPS) is 12.4. The van der Waals surface area contributed by atoms with Crippen molar-refractivity contribution in [2.24, 2.45) is 5.73 Å². The van der Waals surface area contributed by atoms with Crippen LogP contribution < -0.4 is 10.5 Å². The molecule has 4 N–H and O–H groups in total. The minimum Gasteiger partial charge on any atom is -0.489 e. The molecule has 0 aliphatic heterocycles. The fourth-order valence-electron chi connectivity index (χ4n) is 3.27. The molecule has 0 saturated heterocycles. The molecule has 0 saturated carbocycles. The molecular weight excluding hydrogens is 423 g/mol. The summed E-state index contributed by atoms with van der Waals surface area (Å²) in [6.45, 7) is -0.468. The van der Waals surface area contributed by atoms with Gasteiger partial charge in [-0.05, 0) is 52.6 Å². The maximum Gasteiger partial charge on any atom is 0.416 e. The zero-order chi connectivity index (χ0) is 23.3. The Hall–Kier alpha value is -3.36. The molecule has 0 aliphatic rings. The van der Waals surface area contributed by atoms with E-state index in [0.29, 0.717) is 28.0 Å². The van der Waals surface area contributed by atoms with Gasteiger partial charge in [-0.15, -0.1) is 0 Å². The number of aliphatic hydroxyl groups is 1. The smallest absolute Gasteiger partial charge is 0.416 e. The van der Waals surface area contributed by atoms with Crippen LogP contribution >= 0.6 is 0 Å². The number of alkyl halides is 3. The van der Waals surface area contributed by atoms with E-state index in [1.54, 1.807) is 54.6 Å². The first-order valence-electron chi connectivity index (χ1n) is 9.78. The molecule has 0 spiro atoms. The molecule has 0 heterocycles. The maximum atomic E-state index is 13.5. The third-order valence-corrected chi connectivity index (χ3v) is 4.87. The number of aliphatic carboxylic acids is 1. The van der Waals surface area contributed by atoms with Gasteiger partial charge in [0.05, 0.1) is 24.6 Å². The Balaban J connectivity index is 1.95. The molecule has 0 aromatic heterocycles. The van der Waals surface area contributed by atoms with E-state index in [-0.39, 0.29) is 25.2 Å². The van der Waals surface area contributed by atoms with Gasteiger partial charge in [0, 0.05) is 5.56 Å². The van der Waals surface area contributed by atoms with Crippen LogP contribution in [0, 0.1) is 0 Å². The van der Waals surface area contributed by atoms with Gasteiger partial charge in [0.1, 0.15) is 12.4 Å². The lowest BCUT2D eigenvalue weighted by molar-refractivity contribution is -0.138. The van der Waals surface area contributed by atoms with Crippen molar-refractivity contribution in [3.05, 3.63) is 89.0 Å². The zero-order valence-corrected chi connectivity index (χ0v) is 17.0. The van der Waals surface area contributed by atoms with E-state index in [4.69, 9.17) is 15.6 Å². The fraction of sp³-hybridized carbons (Fsp3) is 0.208. The van der Waals surface area contributed by atoms with Gasteiger partial charge in [0.15, 0.2) is 0 Å². The van der Waals surface area contributed by atoms with Crippen LogP contribution in [0.1, 0.15) is 28.3 Å². The molecule has 0 fully saturated rings. The van der Waals surface area contributed by atoms with Crippen LogP contribution in [0.2, 0.25) is 0 Å². The number of halogens is 3. The first kappa shape index (κ1) is 23.3. The number of carbonyl (C=O) groups is 1. The van der Waals surface area contributed by atoms with Crippen LogP contribution in [0.4, 0.5) is 13.2 Å². The van der Waals surface area contributed by atoms with E-state index in [2.05, 4.69) is 0 Å². The van der Waals surface area contributed by atoms with Crippen LogP contribution in [0.15, 0.2) is 66.7 Å². The molecule has 0 aliphatic carbocycles. The van der Waals surface area contributed by atoms with Crippen molar-refractivity contribution in [2.75, 3.05) is 6.61 Å². The lowest BCUT2D eigenvalue weighted by atomic mass is 9.96. The SMILES string of the molecule is NC(CO)c1cccc(-c2cc(COc3ccccc3CC(=O)O)cc(C(F)(F)F)c2)c1. The minimum absolute atomic E-state index is 0.177. The number of hydrogen-bond acceptors (Lipinski definition) is 4. The summed E-state index contributed by atoms with van der Waals surface area (Å²) in [6.07, 6.45) is -4.83. The average molecular weight is 445 g/mol. The molecule has 0 amide bonds. The van der Waals surface area contributed by atoms with Gasteiger partial charge in [-0.3, -0.25) is 4.79 Å². The second-order valence-corrected chi connectivity index (χ2v) is 7.30. The van der Waals surface area contributed by atoms with E-state index in [1.165, 1.54) is 0 Å². The van der Waals surface area contributed by atoms with E-state index < -0.39 is 23.8 Å². The summed E-state index contributed by atoms with van der Waals surface area (Å²) in [7, 11) is 0. The largest absolute Gasteiger partial charge is 0.489 e. The third kappa shape index (κ3) is 5.87. The van der Waals surface area contributed by atoms with Crippen molar-refractivity contribution in [1.29, 1.82) is 0 Å². The van der Waals surface area contributed by atoms with Gasteiger partial charge in [0.25, 0.3) is 0 Å². The monoisotopic (exact) mass is 445 g/mol. The lowest BCUT2D eigenvalue weighted by Gasteiger charge is -2.15. The van der Waals surface area contributed by atoms with E-state index >= 15 is 0 Å². The van der Waals surface area contributed by atoms with Gasteiger partial charge in [-0.25, -0.2) is 0 Å². The quantitative estimate of drug-likeness (QED) is 0.472. The van der Waals surface area contributed by atoms with Gasteiger partial charge in [-0.1, -0.05) is 36.4 Å². The number of nitrogens with two attached hydrogens (primary N) is 1. The summed E-state index contributed by atoms with van der Waals surface area (Å²) in [4.78, 5) is 11.0. The van der Waals surface area contributed by atoms with Crippen molar-refractivity contribution in [3.63, 3.8) is 0 Å². The molecule has 32 heavy (non-hydrogen) atoms. The Labute approximate surface area is 182 Å². The van der Waals surface area contributed by atoms with Crippen molar-refractivity contribution in [2.45, 2.75) is 25.2 Å². The predicted octanol–water partition coefficient (Wildman–Crippen LogP) is 4.57. The van der Waals surface area contributed by atoms with Gasteiger partial charge in [-0.2, -0.15) is 13.2 Å². The van der Waals surface area contributed by atoms with Gasteiger partial charge < -0.3 is 20.7 Å². The number of para-hydroxylation sites is 1. The van der Waals surface area contributed by atoms with Crippen LogP contribution in [0.3, 0.4) is 0 Å². The van der Waals surface area contributed by atoms with E-state index in [1.807, 2.05) is 0 Å². The molecule has 1 unspecified atom stereocenters. The minimum atomic E-state index is -4.56. The summed E-state index contributed by atoms with van der Waals surface area (Å²) in [5, 5.41) is 18.3. The van der Waals surface area contributed by atoms with Crippen molar-refractivity contribution in [3.8, 4) is 16.9 Å². The maximum absolute atomic E-state index is 13.5. The van der Waals surface area contributed by atoms with Gasteiger partial charge in [0.2, 0.25) is 0 Å². The second-order valence-electron chi connectivity index (χ2n) is 7.30. The summed E-state index contributed by atoms with van der Waals surface area (Å²) in [5.74, 6) is -0.742. The van der Waals surface area contributed by atoms with Crippen molar-refractivity contribution < 1.29 is 32.9 Å². The Morgan fingerprint density at radius 1 is 1.00 bits per heavy atom. The predicted molar refractivity (Wildman–Crippen MR) is 113 cm³/mol. The highest BCUT2D eigenvalue weighted by atomic mass is 19.4. The molecule has 1 atom stereocenters. The molecule has 168 valence electrons. The van der Waals surface area contributed by atoms with Crippen LogP contribution in [-0.4, -0.2) is 22.8 Å². The van der Waals surface area contributed by atoms with Crippen molar-refractivity contribution >= 4 is 5.97 Å². The first-order valence-corrected chi connectivity index (χ1v) is 9.78. The molecule has 3 aromatic carbocycles. The van der Waals surface area contributed by atoms with Crippen molar-refractivity contribution in [1.82, 2.24) is 0 Å². The number of ether oxygens (including phenoxy) is 1. The summed E-state index contributed by atoms with van der Waals surface area (Å²) >= 11 is 0. The summed E-state index contributed by atoms with van der Waals surface area (Å²) in [6, 6.07) is 16.2.